The van der Waals surface area contributed by atoms with Crippen LogP contribution in [0.4, 0.5) is 0 Å². The first-order chi connectivity index (χ1) is 11.1. The molecule has 1 aliphatic heterocycles. The lowest BCUT2D eigenvalue weighted by Crippen LogP contribution is -2.32. The highest BCUT2D eigenvalue weighted by Crippen LogP contribution is 2.22. The van der Waals surface area contributed by atoms with Crippen molar-refractivity contribution >= 4 is 32.8 Å². The maximum Gasteiger partial charge on any atom is 0.242 e. The molecule has 23 heavy (non-hydrogen) atoms. The van der Waals surface area contributed by atoms with Gasteiger partial charge in [0, 0.05) is 19.8 Å². The van der Waals surface area contributed by atoms with Crippen LogP contribution in [0, 0.1) is 5.92 Å². The smallest absolute Gasteiger partial charge is 0.242 e. The zero-order chi connectivity index (χ0) is 16.3. The average Bonchev–Trinajstić information content (AvgIpc) is 3.03. The number of aliphatic hydroxyl groups excluding tert-OH is 1. The lowest BCUT2D eigenvalue weighted by Gasteiger charge is -2.26. The molecule has 7 nitrogen and oxygen atoms in total. The van der Waals surface area contributed by atoms with Crippen molar-refractivity contribution in [3.8, 4) is 0 Å². The van der Waals surface area contributed by atoms with Gasteiger partial charge >= 0.3 is 0 Å². The Balaban J connectivity index is 1.62. The Morgan fingerprint density at radius 2 is 2.13 bits per heavy atom. The first-order valence-electron chi connectivity index (χ1n) is 7.55. The lowest BCUT2D eigenvalue weighted by atomic mass is 9.92. The Morgan fingerprint density at radius 3 is 2.91 bits per heavy atom. The van der Waals surface area contributed by atoms with E-state index in [0.717, 1.165) is 24.6 Å². The molecule has 9 heteroatoms. The molecule has 0 aliphatic carbocycles. The van der Waals surface area contributed by atoms with E-state index in [-0.39, 0.29) is 17.4 Å². The minimum absolute atomic E-state index is 0.129. The first kappa shape index (κ1) is 16.7. The van der Waals surface area contributed by atoms with Gasteiger partial charge in [-0.25, -0.2) is 13.1 Å². The predicted molar refractivity (Wildman–Crippen MR) is 86.8 cm³/mol. The summed E-state index contributed by atoms with van der Waals surface area (Å²) in [6.07, 6.45) is 1.50. The van der Waals surface area contributed by atoms with Gasteiger partial charge in [0.25, 0.3) is 0 Å². The van der Waals surface area contributed by atoms with Crippen LogP contribution in [0.2, 0.25) is 0 Å². The summed E-state index contributed by atoms with van der Waals surface area (Å²) < 4.78 is 40.8. The van der Waals surface area contributed by atoms with Crippen molar-refractivity contribution < 1.29 is 18.3 Å². The molecule has 0 unspecified atom stereocenters. The normalized spacial score (nSPS) is 18.3. The van der Waals surface area contributed by atoms with Gasteiger partial charge in [0.2, 0.25) is 10.0 Å². The molecule has 1 atom stereocenters. The van der Waals surface area contributed by atoms with Gasteiger partial charge in [-0.1, -0.05) is 6.07 Å². The second kappa shape index (κ2) is 7.18. The molecule has 1 aliphatic rings. The molecule has 1 saturated heterocycles. The molecule has 3 rings (SSSR count). The van der Waals surface area contributed by atoms with Gasteiger partial charge in [-0.05, 0) is 37.3 Å². The molecular weight excluding hydrogens is 338 g/mol. The van der Waals surface area contributed by atoms with Gasteiger partial charge in [-0.3, -0.25) is 0 Å². The van der Waals surface area contributed by atoms with Gasteiger partial charge in [0.05, 0.1) is 17.8 Å². The molecule has 0 radical (unpaired) electrons. The van der Waals surface area contributed by atoms with E-state index in [1.165, 1.54) is 6.07 Å². The first-order valence-corrected chi connectivity index (χ1v) is 9.76. The number of aromatic nitrogens is 2. The summed E-state index contributed by atoms with van der Waals surface area (Å²) in [5.74, 6) is 0.180. The van der Waals surface area contributed by atoms with Gasteiger partial charge in [-0.15, -0.1) is 0 Å². The Hall–Kier alpha value is -1.13. The van der Waals surface area contributed by atoms with Gasteiger partial charge in [0.1, 0.15) is 15.9 Å². The van der Waals surface area contributed by atoms with Crippen LogP contribution in [0.5, 0.6) is 0 Å². The quantitative estimate of drug-likeness (QED) is 0.804. The third kappa shape index (κ3) is 3.86. The van der Waals surface area contributed by atoms with Crippen LogP contribution in [-0.2, 0) is 14.8 Å². The summed E-state index contributed by atoms with van der Waals surface area (Å²) in [6, 6.07) is 4.89. The number of hydrogen-bond acceptors (Lipinski definition) is 7. The third-order valence-corrected chi connectivity index (χ3v) is 6.12. The van der Waals surface area contributed by atoms with E-state index in [2.05, 4.69) is 13.5 Å². The van der Waals surface area contributed by atoms with Gasteiger partial charge in [0.15, 0.2) is 0 Å². The molecule has 126 valence electrons. The SMILES string of the molecule is O=S(=O)(NCC[C@@H](O)C1CCOCC1)c1cccc2nsnc12. The topological polar surface area (TPSA) is 101 Å². The standard InChI is InChI=1S/C14H19N3O4S2/c18-12(10-5-8-21-9-6-10)4-7-15-23(19,20)13-3-1-2-11-14(13)17-22-16-11/h1-3,10,12,15,18H,4-9H2/t12-/m1/s1. The minimum atomic E-state index is -3.66. The van der Waals surface area contributed by atoms with Crippen molar-refractivity contribution in [2.45, 2.75) is 30.3 Å². The van der Waals surface area contributed by atoms with Crippen molar-refractivity contribution in [1.82, 2.24) is 13.5 Å². The van der Waals surface area contributed by atoms with Crippen molar-refractivity contribution in [1.29, 1.82) is 0 Å². The highest BCUT2D eigenvalue weighted by Gasteiger charge is 2.23. The number of rotatable bonds is 6. The van der Waals surface area contributed by atoms with Crippen LogP contribution >= 0.6 is 11.7 Å². The molecule has 2 aromatic rings. The van der Waals surface area contributed by atoms with E-state index in [0.29, 0.717) is 30.7 Å². The predicted octanol–water partition coefficient (Wildman–Crippen LogP) is 1.15. The fourth-order valence-electron chi connectivity index (χ4n) is 2.75. The zero-order valence-corrected chi connectivity index (χ0v) is 14.1. The van der Waals surface area contributed by atoms with Crippen LogP contribution in [0.15, 0.2) is 23.1 Å². The highest BCUT2D eigenvalue weighted by molar-refractivity contribution is 7.89. The van der Waals surface area contributed by atoms with Gasteiger partial charge in [-0.2, -0.15) is 8.75 Å². The number of fused-ring (bicyclic) bond motifs is 1. The molecule has 0 amide bonds. The van der Waals surface area contributed by atoms with Gasteiger partial charge < -0.3 is 9.84 Å². The number of ether oxygens (including phenoxy) is 1. The number of sulfonamides is 1. The third-order valence-electron chi connectivity index (χ3n) is 4.08. The molecule has 1 fully saturated rings. The fraction of sp³-hybridized carbons (Fsp3) is 0.571. The van der Waals surface area contributed by atoms with E-state index in [4.69, 9.17) is 4.74 Å². The van der Waals surface area contributed by atoms with Crippen LogP contribution in [0.1, 0.15) is 19.3 Å². The lowest BCUT2D eigenvalue weighted by molar-refractivity contribution is 0.00567. The van der Waals surface area contributed by atoms with Crippen molar-refractivity contribution in [2.75, 3.05) is 19.8 Å². The summed E-state index contributed by atoms with van der Waals surface area (Å²) in [5.41, 5.74) is 0.954. The molecule has 0 spiro atoms. The summed E-state index contributed by atoms with van der Waals surface area (Å²) >= 11 is 0.987. The average molecular weight is 357 g/mol. The Labute approximate surface area is 139 Å². The molecule has 1 aromatic carbocycles. The van der Waals surface area contributed by atoms with Crippen molar-refractivity contribution in [2.24, 2.45) is 5.92 Å². The molecule has 0 saturated carbocycles. The van der Waals surface area contributed by atoms with Crippen molar-refractivity contribution in [3.63, 3.8) is 0 Å². The second-order valence-corrected chi connectivity index (χ2v) is 7.86. The Bertz CT molecular complexity index is 756. The molecule has 1 aromatic heterocycles. The van der Waals surface area contributed by atoms with E-state index in [1.807, 2.05) is 0 Å². The largest absolute Gasteiger partial charge is 0.393 e. The number of nitrogens with zero attached hydrogens (tertiary/aromatic N) is 2. The van der Waals surface area contributed by atoms with Crippen LogP contribution < -0.4 is 4.72 Å². The fourth-order valence-corrected chi connectivity index (χ4v) is 4.57. The zero-order valence-electron chi connectivity index (χ0n) is 12.5. The summed E-state index contributed by atoms with van der Waals surface area (Å²) in [6.45, 7) is 1.51. The van der Waals surface area contributed by atoms with E-state index in [9.17, 15) is 13.5 Å². The number of nitrogens with one attached hydrogen (secondary N) is 1. The minimum Gasteiger partial charge on any atom is -0.393 e. The molecular formula is C14H19N3O4S2. The van der Waals surface area contributed by atoms with E-state index >= 15 is 0 Å². The van der Waals surface area contributed by atoms with Crippen molar-refractivity contribution in [3.05, 3.63) is 18.2 Å². The molecule has 2 N–H and O–H groups in total. The maximum atomic E-state index is 12.4. The summed E-state index contributed by atoms with van der Waals surface area (Å²) in [4.78, 5) is 0.129. The monoisotopic (exact) mass is 357 g/mol. The Morgan fingerprint density at radius 1 is 1.35 bits per heavy atom. The van der Waals surface area contributed by atoms with Crippen LogP contribution in [0.3, 0.4) is 0 Å². The maximum absolute atomic E-state index is 12.4. The molecule has 0 bridgehead atoms. The number of hydrogen-bond donors (Lipinski definition) is 2. The second-order valence-electron chi connectivity index (χ2n) is 5.59. The van der Waals surface area contributed by atoms with E-state index in [1.54, 1.807) is 12.1 Å². The summed E-state index contributed by atoms with van der Waals surface area (Å²) in [5, 5.41) is 10.2. The number of benzene rings is 1. The highest BCUT2D eigenvalue weighted by atomic mass is 32.2. The molecule has 2 heterocycles. The number of aliphatic hydroxyl groups is 1. The van der Waals surface area contributed by atoms with Crippen LogP contribution in [0.25, 0.3) is 11.0 Å². The van der Waals surface area contributed by atoms with E-state index < -0.39 is 16.1 Å². The summed E-state index contributed by atoms with van der Waals surface area (Å²) in [7, 11) is -3.66. The Kier molecular flexibility index (Phi) is 5.22. The van der Waals surface area contributed by atoms with Crippen LogP contribution in [-0.4, -0.2) is 48.1 Å².